The van der Waals surface area contributed by atoms with Gasteiger partial charge in [-0.25, -0.2) is 9.97 Å². The maximum absolute atomic E-state index is 12.3. The summed E-state index contributed by atoms with van der Waals surface area (Å²) >= 11 is 0. The topological polar surface area (TPSA) is 86.2 Å². The van der Waals surface area contributed by atoms with Crippen LogP contribution < -0.4 is 5.73 Å². The Labute approximate surface area is 153 Å². The Morgan fingerprint density at radius 1 is 1.19 bits per heavy atom. The van der Waals surface area contributed by atoms with Crippen LogP contribution in [-0.4, -0.2) is 44.6 Å². The van der Waals surface area contributed by atoms with Crippen molar-refractivity contribution >= 4 is 27.8 Å². The molecule has 2 heterocycles. The smallest absolute Gasteiger partial charge is 0.389 e. The third kappa shape index (κ3) is 4.48. The van der Waals surface area contributed by atoms with Crippen LogP contribution in [0.2, 0.25) is 0 Å². The van der Waals surface area contributed by atoms with Gasteiger partial charge in [0.25, 0.3) is 0 Å². The quantitative estimate of drug-likeness (QED) is 0.640. The molecule has 3 N–H and O–H groups in total. The molecule has 0 bridgehead atoms. The molecular formula is C18H21F3N4O2. The van der Waals surface area contributed by atoms with Crippen LogP contribution in [0.1, 0.15) is 19.7 Å². The molecule has 0 radical (unpaired) electrons. The minimum atomic E-state index is -4.38. The number of rotatable bonds is 6. The molecule has 0 aliphatic rings. The van der Waals surface area contributed by atoms with Crippen molar-refractivity contribution in [3.8, 4) is 0 Å². The number of imidazole rings is 1. The fraction of sp³-hybridized carbons (Fsp3) is 0.444. The molecule has 0 spiro atoms. The third-order valence-corrected chi connectivity index (χ3v) is 3.97. The van der Waals surface area contributed by atoms with Gasteiger partial charge >= 0.3 is 6.18 Å². The first-order valence-electron chi connectivity index (χ1n) is 8.45. The van der Waals surface area contributed by atoms with Crippen molar-refractivity contribution in [2.45, 2.75) is 38.6 Å². The zero-order valence-corrected chi connectivity index (χ0v) is 15.0. The number of alkyl halides is 3. The van der Waals surface area contributed by atoms with E-state index < -0.39 is 18.4 Å². The summed E-state index contributed by atoms with van der Waals surface area (Å²) in [5.74, 6) is 0.717. The molecule has 0 aliphatic carbocycles. The van der Waals surface area contributed by atoms with Crippen LogP contribution in [0.15, 0.2) is 24.3 Å². The highest BCUT2D eigenvalue weighted by molar-refractivity contribution is 6.06. The molecule has 3 rings (SSSR count). The molecular weight excluding hydrogens is 361 g/mol. The van der Waals surface area contributed by atoms with Crippen LogP contribution in [0.3, 0.4) is 0 Å². The Hall–Kier alpha value is -2.39. The molecule has 0 unspecified atom stereocenters. The fourth-order valence-corrected chi connectivity index (χ4v) is 3.00. The Balaban J connectivity index is 2.05. The van der Waals surface area contributed by atoms with E-state index in [0.717, 1.165) is 5.39 Å². The number of fused-ring (bicyclic) bond motifs is 3. The number of hydrogen-bond donors (Lipinski definition) is 2. The highest BCUT2D eigenvalue weighted by Crippen LogP contribution is 2.30. The van der Waals surface area contributed by atoms with Crippen molar-refractivity contribution in [1.29, 1.82) is 0 Å². The van der Waals surface area contributed by atoms with Crippen molar-refractivity contribution < 1.29 is 23.0 Å². The lowest BCUT2D eigenvalue weighted by Gasteiger charge is -2.20. The zero-order valence-electron chi connectivity index (χ0n) is 15.0. The number of ether oxygens (including phenoxy) is 1. The maximum atomic E-state index is 12.3. The number of halogens is 3. The second kappa shape index (κ2) is 6.97. The van der Waals surface area contributed by atoms with Gasteiger partial charge in [-0.1, -0.05) is 18.2 Å². The van der Waals surface area contributed by atoms with Crippen LogP contribution in [0.4, 0.5) is 19.0 Å². The molecule has 3 aromatic rings. The molecule has 9 heteroatoms. The van der Waals surface area contributed by atoms with Crippen molar-refractivity contribution in [3.05, 3.63) is 30.1 Å². The van der Waals surface area contributed by atoms with Gasteiger partial charge in [-0.2, -0.15) is 13.2 Å². The summed E-state index contributed by atoms with van der Waals surface area (Å²) < 4.78 is 43.3. The SMILES string of the molecule is CC(C)(O)Cn1c(CCOCC(F)(F)F)nc2c(N)nc3ccccc3c21. The van der Waals surface area contributed by atoms with E-state index >= 15 is 0 Å². The normalized spacial score (nSPS) is 13.0. The van der Waals surface area contributed by atoms with Gasteiger partial charge in [0, 0.05) is 11.8 Å². The Morgan fingerprint density at radius 2 is 1.89 bits per heavy atom. The van der Waals surface area contributed by atoms with E-state index in [1.54, 1.807) is 18.4 Å². The van der Waals surface area contributed by atoms with Gasteiger partial charge in [-0.15, -0.1) is 0 Å². The molecule has 146 valence electrons. The highest BCUT2D eigenvalue weighted by Gasteiger charge is 2.27. The molecule has 1 aromatic carbocycles. The predicted octanol–water partition coefficient (Wildman–Crippen LogP) is 3.06. The molecule has 0 saturated heterocycles. The number of benzene rings is 1. The number of aliphatic hydroxyl groups is 1. The summed E-state index contributed by atoms with van der Waals surface area (Å²) in [7, 11) is 0. The largest absolute Gasteiger partial charge is 0.411 e. The molecule has 2 aromatic heterocycles. The highest BCUT2D eigenvalue weighted by atomic mass is 19.4. The molecule has 6 nitrogen and oxygen atoms in total. The predicted molar refractivity (Wildman–Crippen MR) is 96.3 cm³/mol. The summed E-state index contributed by atoms with van der Waals surface area (Å²) in [4.78, 5) is 8.83. The van der Waals surface area contributed by atoms with Gasteiger partial charge in [-0.3, -0.25) is 0 Å². The molecule has 0 atom stereocenters. The average molecular weight is 382 g/mol. The van der Waals surface area contributed by atoms with E-state index in [-0.39, 0.29) is 25.4 Å². The Kier molecular flexibility index (Phi) is 5.00. The van der Waals surface area contributed by atoms with Crippen molar-refractivity contribution in [2.75, 3.05) is 18.9 Å². The zero-order chi connectivity index (χ0) is 19.8. The summed E-state index contributed by atoms with van der Waals surface area (Å²) in [6.45, 7) is 2.03. The van der Waals surface area contributed by atoms with Crippen LogP contribution in [0, 0.1) is 0 Å². The van der Waals surface area contributed by atoms with Gasteiger partial charge in [-0.05, 0) is 19.9 Å². The summed E-state index contributed by atoms with van der Waals surface area (Å²) in [5.41, 5.74) is 6.83. The minimum Gasteiger partial charge on any atom is -0.389 e. The standard InChI is InChI=1S/C18H21F3N4O2/c1-17(2,26)9-25-13(7-8-27-10-18(19,20)21)24-14-15(25)11-5-3-4-6-12(11)23-16(14)22/h3-6,26H,7-10H2,1-2H3,(H2,22,23). The van der Waals surface area contributed by atoms with Crippen LogP contribution in [0.5, 0.6) is 0 Å². The van der Waals surface area contributed by atoms with Gasteiger partial charge in [0.15, 0.2) is 5.82 Å². The first-order chi connectivity index (χ1) is 12.6. The van der Waals surface area contributed by atoms with Crippen molar-refractivity contribution in [2.24, 2.45) is 0 Å². The van der Waals surface area contributed by atoms with Gasteiger partial charge in [0.2, 0.25) is 0 Å². The van der Waals surface area contributed by atoms with Crippen LogP contribution >= 0.6 is 0 Å². The first-order valence-corrected chi connectivity index (χ1v) is 8.45. The lowest BCUT2D eigenvalue weighted by molar-refractivity contribution is -0.173. The van der Waals surface area contributed by atoms with Crippen molar-refractivity contribution in [3.63, 3.8) is 0 Å². The minimum absolute atomic E-state index is 0.147. The fourth-order valence-electron chi connectivity index (χ4n) is 3.00. The van der Waals surface area contributed by atoms with E-state index in [1.165, 1.54) is 0 Å². The number of pyridine rings is 1. The van der Waals surface area contributed by atoms with Gasteiger partial charge < -0.3 is 20.1 Å². The summed E-state index contributed by atoms with van der Waals surface area (Å²) in [5, 5.41) is 11.1. The van der Waals surface area contributed by atoms with Gasteiger partial charge in [0.1, 0.15) is 17.9 Å². The number of nitrogen functional groups attached to an aromatic ring is 1. The maximum Gasteiger partial charge on any atom is 0.411 e. The van der Waals surface area contributed by atoms with Crippen molar-refractivity contribution in [1.82, 2.24) is 14.5 Å². The monoisotopic (exact) mass is 382 g/mol. The van der Waals surface area contributed by atoms with E-state index in [0.29, 0.717) is 22.4 Å². The van der Waals surface area contributed by atoms with E-state index in [2.05, 4.69) is 9.97 Å². The number of nitrogens with zero attached hydrogens (tertiary/aromatic N) is 3. The number of hydrogen-bond acceptors (Lipinski definition) is 5. The van der Waals surface area contributed by atoms with Crippen LogP contribution in [0.25, 0.3) is 21.9 Å². The lowest BCUT2D eigenvalue weighted by atomic mass is 10.1. The van der Waals surface area contributed by atoms with Gasteiger partial charge in [0.05, 0.1) is 29.8 Å². The number of anilines is 1. The molecule has 0 aliphatic heterocycles. The molecule has 0 saturated carbocycles. The second-order valence-electron chi connectivity index (χ2n) is 7.06. The van der Waals surface area contributed by atoms with E-state index in [9.17, 15) is 18.3 Å². The molecule has 0 fully saturated rings. The summed E-state index contributed by atoms with van der Waals surface area (Å²) in [6, 6.07) is 7.38. The average Bonchev–Trinajstić information content (AvgIpc) is 2.88. The molecule has 27 heavy (non-hydrogen) atoms. The number of para-hydroxylation sites is 1. The Bertz CT molecular complexity index is 961. The van der Waals surface area contributed by atoms with Crippen LogP contribution in [-0.2, 0) is 17.7 Å². The Morgan fingerprint density at radius 3 is 2.56 bits per heavy atom. The summed E-state index contributed by atoms with van der Waals surface area (Å²) in [6.07, 6.45) is -4.23. The lowest BCUT2D eigenvalue weighted by Crippen LogP contribution is -2.27. The first kappa shape index (κ1) is 19.4. The second-order valence-corrected chi connectivity index (χ2v) is 7.06. The van der Waals surface area contributed by atoms with E-state index in [4.69, 9.17) is 10.5 Å². The number of aromatic nitrogens is 3. The molecule has 0 amide bonds. The third-order valence-electron chi connectivity index (χ3n) is 3.97. The number of nitrogens with two attached hydrogens (primary N) is 1. The van der Waals surface area contributed by atoms with E-state index in [1.807, 2.05) is 24.3 Å².